The Morgan fingerprint density at radius 3 is 2.76 bits per heavy atom. The first-order valence-electron chi connectivity index (χ1n) is 5.37. The van der Waals surface area contributed by atoms with E-state index >= 15 is 0 Å². The maximum Gasteiger partial charge on any atom is 0.328 e. The molecule has 1 aromatic heterocycles. The highest BCUT2D eigenvalue weighted by molar-refractivity contribution is 7.07. The Morgan fingerprint density at radius 2 is 2.29 bits per heavy atom. The van der Waals surface area contributed by atoms with Crippen LogP contribution >= 0.6 is 11.3 Å². The summed E-state index contributed by atoms with van der Waals surface area (Å²) >= 11 is 1.34. The third kappa shape index (κ3) is 3.52. The molecule has 0 bridgehead atoms. The van der Waals surface area contributed by atoms with Crippen molar-refractivity contribution in [3.63, 3.8) is 0 Å². The molecule has 1 N–H and O–H groups in total. The van der Waals surface area contributed by atoms with Crippen LogP contribution in [-0.2, 0) is 9.53 Å². The zero-order valence-corrected chi connectivity index (χ0v) is 10.9. The molecule has 6 heteroatoms. The van der Waals surface area contributed by atoms with E-state index in [2.05, 4.69) is 15.0 Å². The van der Waals surface area contributed by atoms with Gasteiger partial charge >= 0.3 is 5.97 Å². The number of nitrogens with zero attached hydrogens (tertiary/aromatic N) is 1. The monoisotopic (exact) mass is 256 g/mol. The van der Waals surface area contributed by atoms with Gasteiger partial charge in [-0.25, -0.2) is 9.78 Å². The molecule has 2 unspecified atom stereocenters. The van der Waals surface area contributed by atoms with Crippen molar-refractivity contribution in [1.29, 1.82) is 0 Å². The zero-order chi connectivity index (χ0) is 12.8. The Bertz CT molecular complexity index is 378. The van der Waals surface area contributed by atoms with Gasteiger partial charge in [0.1, 0.15) is 11.7 Å². The molecule has 1 aromatic rings. The van der Waals surface area contributed by atoms with Gasteiger partial charge in [-0.15, -0.1) is 11.3 Å². The molecule has 1 heterocycles. The third-order valence-corrected chi connectivity index (χ3v) is 3.21. The standard InChI is InChI=1S/C11H16N2O3S/c1-4-7(2)9(11(15)16-3)13-10(14)8-5-17-6-12-8/h5-7,9H,4H2,1-3H3,(H,13,14). The number of hydrogen-bond donors (Lipinski definition) is 1. The highest BCUT2D eigenvalue weighted by atomic mass is 32.1. The third-order valence-electron chi connectivity index (χ3n) is 2.62. The van der Waals surface area contributed by atoms with Gasteiger partial charge in [0, 0.05) is 5.38 Å². The second kappa shape index (κ2) is 6.34. The summed E-state index contributed by atoms with van der Waals surface area (Å²) in [6, 6.07) is -0.626. The summed E-state index contributed by atoms with van der Waals surface area (Å²) in [6.45, 7) is 3.85. The van der Waals surface area contributed by atoms with Gasteiger partial charge in [0.25, 0.3) is 5.91 Å². The van der Waals surface area contributed by atoms with Crippen molar-refractivity contribution in [2.45, 2.75) is 26.3 Å². The molecule has 0 spiro atoms. The van der Waals surface area contributed by atoms with Crippen molar-refractivity contribution in [1.82, 2.24) is 10.3 Å². The summed E-state index contributed by atoms with van der Waals surface area (Å²) < 4.78 is 4.68. The van der Waals surface area contributed by atoms with Crippen LogP contribution in [0.15, 0.2) is 10.9 Å². The number of hydrogen-bond acceptors (Lipinski definition) is 5. The fraction of sp³-hybridized carbons (Fsp3) is 0.545. The first kappa shape index (κ1) is 13.6. The number of nitrogens with one attached hydrogen (secondary N) is 1. The molecule has 0 aliphatic carbocycles. The van der Waals surface area contributed by atoms with Crippen molar-refractivity contribution >= 4 is 23.2 Å². The van der Waals surface area contributed by atoms with Gasteiger partial charge < -0.3 is 10.1 Å². The molecule has 1 amide bonds. The molecule has 0 aliphatic heterocycles. The van der Waals surface area contributed by atoms with E-state index in [0.717, 1.165) is 6.42 Å². The molecule has 0 saturated carbocycles. The molecule has 0 aliphatic rings. The molecule has 17 heavy (non-hydrogen) atoms. The van der Waals surface area contributed by atoms with Gasteiger partial charge in [-0.05, 0) is 5.92 Å². The second-order valence-electron chi connectivity index (χ2n) is 3.73. The predicted molar refractivity (Wildman–Crippen MR) is 64.8 cm³/mol. The maximum atomic E-state index is 11.8. The van der Waals surface area contributed by atoms with Gasteiger partial charge in [-0.3, -0.25) is 4.79 Å². The van der Waals surface area contributed by atoms with E-state index in [-0.39, 0.29) is 11.8 Å². The van der Waals surface area contributed by atoms with E-state index in [4.69, 9.17) is 0 Å². The highest BCUT2D eigenvalue weighted by Crippen LogP contribution is 2.10. The number of ether oxygens (including phenoxy) is 1. The quantitative estimate of drug-likeness (QED) is 0.810. The summed E-state index contributed by atoms with van der Waals surface area (Å²) in [6.07, 6.45) is 0.775. The summed E-state index contributed by atoms with van der Waals surface area (Å²) in [4.78, 5) is 27.2. The summed E-state index contributed by atoms with van der Waals surface area (Å²) in [5.74, 6) is -0.755. The van der Waals surface area contributed by atoms with Crippen molar-refractivity contribution < 1.29 is 14.3 Å². The van der Waals surface area contributed by atoms with Crippen LogP contribution in [0.1, 0.15) is 30.8 Å². The van der Waals surface area contributed by atoms with Gasteiger partial charge in [-0.2, -0.15) is 0 Å². The molecule has 0 radical (unpaired) electrons. The van der Waals surface area contributed by atoms with E-state index in [9.17, 15) is 9.59 Å². The lowest BCUT2D eigenvalue weighted by Gasteiger charge is -2.21. The number of methoxy groups -OCH3 is 1. The second-order valence-corrected chi connectivity index (χ2v) is 4.45. The van der Waals surface area contributed by atoms with Crippen LogP contribution in [0.4, 0.5) is 0 Å². The Labute approximate surface area is 104 Å². The number of thiazole rings is 1. The van der Waals surface area contributed by atoms with Gasteiger partial charge in [0.2, 0.25) is 0 Å². The van der Waals surface area contributed by atoms with Crippen LogP contribution in [0.25, 0.3) is 0 Å². The smallest absolute Gasteiger partial charge is 0.328 e. The summed E-state index contributed by atoms with van der Waals surface area (Å²) in [5, 5.41) is 4.29. The van der Waals surface area contributed by atoms with E-state index < -0.39 is 12.0 Å². The molecule has 2 atom stereocenters. The molecule has 94 valence electrons. The van der Waals surface area contributed by atoms with E-state index in [1.807, 2.05) is 13.8 Å². The van der Waals surface area contributed by atoms with Crippen molar-refractivity contribution in [3.8, 4) is 0 Å². The maximum absolute atomic E-state index is 11.8. The van der Waals surface area contributed by atoms with Crippen LogP contribution < -0.4 is 5.32 Å². The number of carbonyl (C=O) groups excluding carboxylic acids is 2. The van der Waals surface area contributed by atoms with Gasteiger partial charge in [0.15, 0.2) is 0 Å². The lowest BCUT2D eigenvalue weighted by Crippen LogP contribution is -2.45. The lowest BCUT2D eigenvalue weighted by atomic mass is 9.99. The predicted octanol–water partition coefficient (Wildman–Crippen LogP) is 1.46. The number of esters is 1. The van der Waals surface area contributed by atoms with Crippen LogP contribution in [0, 0.1) is 5.92 Å². The fourth-order valence-corrected chi connectivity index (χ4v) is 1.87. The Kier molecular flexibility index (Phi) is 5.09. The molecular formula is C11H16N2O3S. The largest absolute Gasteiger partial charge is 0.467 e. The number of amides is 1. The number of rotatable bonds is 5. The Hall–Kier alpha value is -1.43. The minimum atomic E-state index is -0.626. The topological polar surface area (TPSA) is 68.3 Å². The summed E-state index contributed by atoms with van der Waals surface area (Å²) in [7, 11) is 1.31. The fourth-order valence-electron chi connectivity index (χ4n) is 1.34. The normalized spacial score (nSPS) is 13.8. The van der Waals surface area contributed by atoms with E-state index in [1.54, 1.807) is 10.9 Å². The molecule has 0 fully saturated rings. The zero-order valence-electron chi connectivity index (χ0n) is 10.1. The SMILES string of the molecule is CCC(C)C(NC(=O)c1cscn1)C(=O)OC. The first-order valence-corrected chi connectivity index (χ1v) is 6.31. The van der Waals surface area contributed by atoms with Crippen LogP contribution in [0.5, 0.6) is 0 Å². The van der Waals surface area contributed by atoms with E-state index in [0.29, 0.717) is 5.69 Å². The van der Waals surface area contributed by atoms with Gasteiger partial charge in [0.05, 0.1) is 12.6 Å². The average Bonchev–Trinajstić information content (AvgIpc) is 2.87. The molecule has 0 saturated heterocycles. The number of carbonyl (C=O) groups is 2. The Balaban J connectivity index is 2.73. The molecular weight excluding hydrogens is 240 g/mol. The minimum Gasteiger partial charge on any atom is -0.467 e. The molecule has 1 rings (SSSR count). The van der Waals surface area contributed by atoms with Crippen LogP contribution in [0.2, 0.25) is 0 Å². The Morgan fingerprint density at radius 1 is 1.59 bits per heavy atom. The lowest BCUT2D eigenvalue weighted by molar-refractivity contribution is -0.144. The average molecular weight is 256 g/mol. The number of aromatic nitrogens is 1. The van der Waals surface area contributed by atoms with Crippen molar-refractivity contribution in [2.24, 2.45) is 5.92 Å². The summed E-state index contributed by atoms with van der Waals surface area (Å²) in [5.41, 5.74) is 1.90. The van der Waals surface area contributed by atoms with Crippen LogP contribution in [-0.4, -0.2) is 30.0 Å². The highest BCUT2D eigenvalue weighted by Gasteiger charge is 2.27. The van der Waals surface area contributed by atoms with E-state index in [1.165, 1.54) is 18.4 Å². The molecule has 0 aromatic carbocycles. The first-order chi connectivity index (χ1) is 8.10. The van der Waals surface area contributed by atoms with Crippen molar-refractivity contribution in [3.05, 3.63) is 16.6 Å². The van der Waals surface area contributed by atoms with Crippen LogP contribution in [0.3, 0.4) is 0 Å². The molecule has 5 nitrogen and oxygen atoms in total. The van der Waals surface area contributed by atoms with Gasteiger partial charge in [-0.1, -0.05) is 20.3 Å². The minimum absolute atomic E-state index is 0.0186. The van der Waals surface area contributed by atoms with Crippen molar-refractivity contribution in [2.75, 3.05) is 7.11 Å².